The molecule has 6 nitrogen and oxygen atoms in total. The van der Waals surface area contributed by atoms with Crippen LogP contribution in [0.15, 0.2) is 53.4 Å². The van der Waals surface area contributed by atoms with Crippen molar-refractivity contribution in [2.45, 2.75) is 44.2 Å². The maximum Gasteiger partial charge on any atom is 0.305 e. The Hall–Kier alpha value is -2.71. The van der Waals surface area contributed by atoms with Gasteiger partial charge >= 0.3 is 5.97 Å². The molecule has 164 valence electrons. The van der Waals surface area contributed by atoms with Crippen molar-refractivity contribution in [2.75, 3.05) is 13.2 Å². The van der Waals surface area contributed by atoms with Gasteiger partial charge in [-0.15, -0.1) is 0 Å². The van der Waals surface area contributed by atoms with Crippen molar-refractivity contribution in [3.63, 3.8) is 0 Å². The summed E-state index contributed by atoms with van der Waals surface area (Å²) in [6, 6.07) is 13.0. The minimum absolute atomic E-state index is 0.192. The van der Waals surface area contributed by atoms with Gasteiger partial charge in [0.15, 0.2) is 0 Å². The van der Waals surface area contributed by atoms with E-state index in [0.29, 0.717) is 39.0 Å². The summed E-state index contributed by atoms with van der Waals surface area (Å²) < 4.78 is 48.8. The van der Waals surface area contributed by atoms with Gasteiger partial charge in [-0.2, -0.15) is 4.31 Å². The lowest BCUT2D eigenvalue weighted by atomic mass is 10.1. The largest absolute Gasteiger partial charge is 0.466 e. The molecule has 2 heterocycles. The Balaban J connectivity index is 1.66. The van der Waals surface area contributed by atoms with Crippen LogP contribution < -0.4 is 0 Å². The van der Waals surface area contributed by atoms with Crippen LogP contribution in [0, 0.1) is 5.82 Å². The molecular formula is C23H25FN2O4S. The number of fused-ring (bicyclic) bond motifs is 3. The van der Waals surface area contributed by atoms with E-state index < -0.39 is 10.0 Å². The van der Waals surface area contributed by atoms with Crippen LogP contribution in [0.5, 0.6) is 0 Å². The van der Waals surface area contributed by atoms with Crippen molar-refractivity contribution >= 4 is 26.9 Å². The lowest BCUT2D eigenvalue weighted by molar-refractivity contribution is -0.143. The first-order valence-electron chi connectivity index (χ1n) is 10.4. The number of carbonyl (C=O) groups excluding carboxylic acids is 1. The number of carbonyl (C=O) groups is 1. The number of aryl methyl sites for hydroxylation is 1. The third-order valence-electron chi connectivity index (χ3n) is 5.63. The maximum absolute atomic E-state index is 14.1. The monoisotopic (exact) mass is 444 g/mol. The van der Waals surface area contributed by atoms with Crippen LogP contribution in [0.1, 0.15) is 31.0 Å². The van der Waals surface area contributed by atoms with Gasteiger partial charge in [0, 0.05) is 49.1 Å². The second-order valence-corrected chi connectivity index (χ2v) is 9.49. The fraction of sp³-hybridized carbons (Fsp3) is 0.348. The molecule has 0 N–H and O–H groups in total. The number of sulfonamides is 1. The van der Waals surface area contributed by atoms with Gasteiger partial charge in [-0.3, -0.25) is 4.79 Å². The third-order valence-corrected chi connectivity index (χ3v) is 7.49. The Bertz CT molecular complexity index is 1210. The molecule has 8 heteroatoms. The standard InChI is InChI=1S/C23H25FN2O4S/c1-2-30-23(27)9-6-13-26-21-11-10-17(24)15-19(21)20-16-25(14-12-22(20)26)31(28,29)18-7-4-3-5-8-18/h3-5,7-8,10-11,15H,2,6,9,12-14,16H2,1H3. The summed E-state index contributed by atoms with van der Waals surface area (Å²) in [5.74, 6) is -0.596. The molecule has 0 saturated carbocycles. The molecule has 0 atom stereocenters. The molecule has 1 aliphatic heterocycles. The van der Waals surface area contributed by atoms with Gasteiger partial charge < -0.3 is 9.30 Å². The quantitative estimate of drug-likeness (QED) is 0.519. The number of esters is 1. The molecule has 0 bridgehead atoms. The summed E-state index contributed by atoms with van der Waals surface area (Å²) in [4.78, 5) is 12.0. The van der Waals surface area contributed by atoms with E-state index in [1.54, 1.807) is 43.3 Å². The molecule has 1 aliphatic rings. The third kappa shape index (κ3) is 4.22. The van der Waals surface area contributed by atoms with Gasteiger partial charge in [0.05, 0.1) is 11.5 Å². The predicted octanol–water partition coefficient (Wildman–Crippen LogP) is 3.87. The second-order valence-electron chi connectivity index (χ2n) is 7.55. The SMILES string of the molecule is CCOC(=O)CCCn1c2c(c3cc(F)ccc31)CN(S(=O)(=O)c1ccccc1)CC2. The van der Waals surface area contributed by atoms with Crippen LogP contribution in [0.2, 0.25) is 0 Å². The average molecular weight is 445 g/mol. The van der Waals surface area contributed by atoms with Crippen LogP contribution in [0.25, 0.3) is 10.9 Å². The highest BCUT2D eigenvalue weighted by Crippen LogP contribution is 2.34. The fourth-order valence-electron chi connectivity index (χ4n) is 4.21. The molecule has 0 aliphatic carbocycles. The van der Waals surface area contributed by atoms with Crippen molar-refractivity contribution in [3.05, 3.63) is 65.6 Å². The van der Waals surface area contributed by atoms with Crippen LogP contribution >= 0.6 is 0 Å². The smallest absolute Gasteiger partial charge is 0.305 e. The Morgan fingerprint density at radius 3 is 2.68 bits per heavy atom. The van der Waals surface area contributed by atoms with Crippen LogP contribution in [0.3, 0.4) is 0 Å². The van der Waals surface area contributed by atoms with Crippen molar-refractivity contribution in [3.8, 4) is 0 Å². The first-order valence-corrected chi connectivity index (χ1v) is 11.9. The predicted molar refractivity (Wildman–Crippen MR) is 116 cm³/mol. The maximum atomic E-state index is 14.1. The lowest BCUT2D eigenvalue weighted by Gasteiger charge is -2.27. The molecule has 0 saturated heterocycles. The lowest BCUT2D eigenvalue weighted by Crippen LogP contribution is -2.36. The highest BCUT2D eigenvalue weighted by atomic mass is 32.2. The molecule has 1 aromatic heterocycles. The minimum Gasteiger partial charge on any atom is -0.466 e. The molecule has 2 aromatic carbocycles. The molecular weight excluding hydrogens is 419 g/mol. The number of benzene rings is 2. The zero-order chi connectivity index (χ0) is 22.0. The molecule has 0 radical (unpaired) electrons. The number of nitrogens with zero attached hydrogens (tertiary/aromatic N) is 2. The van der Waals surface area contributed by atoms with E-state index in [1.165, 1.54) is 16.4 Å². The normalized spacial score (nSPS) is 14.5. The first kappa shape index (κ1) is 21.5. The van der Waals surface area contributed by atoms with Crippen LogP contribution in [-0.2, 0) is 39.1 Å². The Labute approximate surface area is 181 Å². The molecule has 0 spiro atoms. The molecule has 4 rings (SSSR count). The number of halogens is 1. The van der Waals surface area contributed by atoms with Crippen molar-refractivity contribution in [2.24, 2.45) is 0 Å². The second kappa shape index (κ2) is 8.80. The minimum atomic E-state index is -3.64. The van der Waals surface area contributed by atoms with Crippen LogP contribution in [0.4, 0.5) is 4.39 Å². The number of hydrogen-bond donors (Lipinski definition) is 0. The number of rotatable bonds is 7. The first-order chi connectivity index (χ1) is 14.9. The van der Waals surface area contributed by atoms with E-state index in [1.807, 2.05) is 0 Å². The van der Waals surface area contributed by atoms with Gasteiger partial charge in [-0.25, -0.2) is 12.8 Å². The van der Waals surface area contributed by atoms with Crippen molar-refractivity contribution in [1.29, 1.82) is 0 Å². The molecule has 0 amide bonds. The van der Waals surface area contributed by atoms with E-state index in [4.69, 9.17) is 4.74 Å². The van der Waals surface area contributed by atoms with Gasteiger partial charge in [0.1, 0.15) is 5.82 Å². The van der Waals surface area contributed by atoms with Crippen molar-refractivity contribution in [1.82, 2.24) is 8.87 Å². The Morgan fingerprint density at radius 1 is 1.16 bits per heavy atom. The zero-order valence-corrected chi connectivity index (χ0v) is 18.2. The molecule has 0 unspecified atom stereocenters. The van der Waals surface area contributed by atoms with Gasteiger partial charge in [0.2, 0.25) is 10.0 Å². The summed E-state index contributed by atoms with van der Waals surface area (Å²) in [7, 11) is -3.64. The van der Waals surface area contributed by atoms with E-state index in [0.717, 1.165) is 22.2 Å². The van der Waals surface area contributed by atoms with Crippen LogP contribution in [-0.4, -0.2) is 36.4 Å². The van der Waals surface area contributed by atoms with Gasteiger partial charge in [-0.1, -0.05) is 18.2 Å². The highest BCUT2D eigenvalue weighted by Gasteiger charge is 2.31. The summed E-state index contributed by atoms with van der Waals surface area (Å²) in [5.41, 5.74) is 2.69. The number of aromatic nitrogens is 1. The molecule has 0 fully saturated rings. The van der Waals surface area contributed by atoms with E-state index >= 15 is 0 Å². The Kier molecular flexibility index (Phi) is 6.11. The average Bonchev–Trinajstić information content (AvgIpc) is 3.07. The van der Waals surface area contributed by atoms with Gasteiger partial charge in [0.25, 0.3) is 0 Å². The zero-order valence-electron chi connectivity index (χ0n) is 17.4. The number of ether oxygens (including phenoxy) is 1. The number of hydrogen-bond acceptors (Lipinski definition) is 4. The van der Waals surface area contributed by atoms with Gasteiger partial charge in [-0.05, 0) is 49.2 Å². The fourth-order valence-corrected chi connectivity index (χ4v) is 5.64. The van der Waals surface area contributed by atoms with E-state index in [2.05, 4.69) is 4.57 Å². The highest BCUT2D eigenvalue weighted by molar-refractivity contribution is 7.89. The molecule has 31 heavy (non-hydrogen) atoms. The van der Waals surface area contributed by atoms with E-state index in [9.17, 15) is 17.6 Å². The summed E-state index contributed by atoms with van der Waals surface area (Å²) in [5, 5.41) is 0.721. The van der Waals surface area contributed by atoms with Crippen molar-refractivity contribution < 1.29 is 22.3 Å². The topological polar surface area (TPSA) is 68.6 Å². The van der Waals surface area contributed by atoms with E-state index in [-0.39, 0.29) is 23.2 Å². The summed E-state index contributed by atoms with van der Waals surface area (Å²) in [6.45, 7) is 3.25. The summed E-state index contributed by atoms with van der Waals surface area (Å²) >= 11 is 0. The molecule has 3 aromatic rings. The summed E-state index contributed by atoms with van der Waals surface area (Å²) in [6.07, 6.45) is 1.42. The Morgan fingerprint density at radius 2 is 1.94 bits per heavy atom.